The molecule has 0 saturated carbocycles. The van der Waals surface area contributed by atoms with Crippen molar-refractivity contribution in [3.63, 3.8) is 0 Å². The Labute approximate surface area is 103 Å². The van der Waals surface area contributed by atoms with Crippen molar-refractivity contribution in [2.75, 3.05) is 13.2 Å². The minimum Gasteiger partial charge on any atom is -0.381 e. The van der Waals surface area contributed by atoms with Gasteiger partial charge < -0.3 is 4.74 Å². The van der Waals surface area contributed by atoms with E-state index in [-0.39, 0.29) is 0 Å². The molecule has 0 aromatic carbocycles. The molecule has 0 unspecified atom stereocenters. The molecule has 0 radical (unpaired) electrons. The summed E-state index contributed by atoms with van der Waals surface area (Å²) in [4.78, 5) is 0. The van der Waals surface area contributed by atoms with Crippen molar-refractivity contribution in [3.8, 4) is 0 Å². The first-order valence-corrected chi connectivity index (χ1v) is 6.99. The van der Waals surface area contributed by atoms with Crippen LogP contribution in [0.5, 0.6) is 0 Å². The zero-order valence-corrected chi connectivity index (χ0v) is 12.1. The summed E-state index contributed by atoms with van der Waals surface area (Å²) in [6.45, 7) is 13.4. The zero-order valence-electron chi connectivity index (χ0n) is 12.1. The van der Waals surface area contributed by atoms with Crippen LogP contribution in [-0.4, -0.2) is 13.2 Å². The van der Waals surface area contributed by atoms with Gasteiger partial charge in [0.25, 0.3) is 0 Å². The van der Waals surface area contributed by atoms with Crippen LogP contribution >= 0.6 is 0 Å². The van der Waals surface area contributed by atoms with Gasteiger partial charge in [0.1, 0.15) is 0 Å². The van der Waals surface area contributed by atoms with Crippen molar-refractivity contribution < 1.29 is 4.74 Å². The molecule has 0 bridgehead atoms. The quantitative estimate of drug-likeness (QED) is 0.502. The third-order valence-electron chi connectivity index (χ3n) is 2.79. The molecule has 0 saturated heterocycles. The molecular weight excluding hydrogens is 196 g/mol. The molecule has 0 aliphatic rings. The SMILES string of the molecule is CC(C)CCCCOCCCCC(C)(C)C. The standard InChI is InChI=1S/C15H32O/c1-14(2)10-6-8-12-16-13-9-7-11-15(3,4)5/h14H,6-13H2,1-5H3. The van der Waals surface area contributed by atoms with Gasteiger partial charge in [-0.25, -0.2) is 0 Å². The van der Waals surface area contributed by atoms with E-state index in [9.17, 15) is 0 Å². The van der Waals surface area contributed by atoms with Gasteiger partial charge >= 0.3 is 0 Å². The van der Waals surface area contributed by atoms with E-state index in [1.807, 2.05) is 0 Å². The smallest absolute Gasteiger partial charge is 0.0466 e. The third-order valence-corrected chi connectivity index (χ3v) is 2.79. The predicted octanol–water partition coefficient (Wildman–Crippen LogP) is 5.05. The molecule has 0 spiro atoms. The molecule has 0 N–H and O–H groups in total. The highest BCUT2D eigenvalue weighted by molar-refractivity contribution is 4.60. The lowest BCUT2D eigenvalue weighted by atomic mass is 9.90. The first-order valence-electron chi connectivity index (χ1n) is 6.99. The van der Waals surface area contributed by atoms with Crippen molar-refractivity contribution in [2.24, 2.45) is 11.3 Å². The van der Waals surface area contributed by atoms with Gasteiger partial charge in [-0.05, 0) is 30.6 Å². The monoisotopic (exact) mass is 228 g/mol. The fourth-order valence-corrected chi connectivity index (χ4v) is 1.72. The highest BCUT2D eigenvalue weighted by Crippen LogP contribution is 2.21. The van der Waals surface area contributed by atoms with E-state index in [0.717, 1.165) is 19.1 Å². The van der Waals surface area contributed by atoms with Crippen molar-refractivity contribution in [2.45, 2.75) is 73.1 Å². The van der Waals surface area contributed by atoms with Gasteiger partial charge in [-0.1, -0.05) is 53.9 Å². The topological polar surface area (TPSA) is 9.23 Å². The first-order chi connectivity index (χ1) is 7.42. The fraction of sp³-hybridized carbons (Fsp3) is 1.00. The van der Waals surface area contributed by atoms with Crippen LogP contribution in [0.15, 0.2) is 0 Å². The minimum atomic E-state index is 0.483. The largest absolute Gasteiger partial charge is 0.381 e. The number of unbranched alkanes of at least 4 members (excludes halogenated alkanes) is 2. The van der Waals surface area contributed by atoms with E-state index in [4.69, 9.17) is 4.74 Å². The van der Waals surface area contributed by atoms with E-state index < -0.39 is 0 Å². The normalized spacial score (nSPS) is 12.4. The van der Waals surface area contributed by atoms with Crippen LogP contribution in [-0.2, 0) is 4.74 Å². The Kier molecular flexibility index (Phi) is 9.02. The summed E-state index contributed by atoms with van der Waals surface area (Å²) >= 11 is 0. The molecule has 1 heteroatoms. The first kappa shape index (κ1) is 16.0. The van der Waals surface area contributed by atoms with Gasteiger partial charge in [-0.15, -0.1) is 0 Å². The summed E-state index contributed by atoms with van der Waals surface area (Å²) in [5.74, 6) is 0.840. The lowest BCUT2D eigenvalue weighted by Crippen LogP contribution is -2.05. The highest BCUT2D eigenvalue weighted by Gasteiger charge is 2.08. The highest BCUT2D eigenvalue weighted by atomic mass is 16.5. The van der Waals surface area contributed by atoms with Gasteiger partial charge in [0.05, 0.1) is 0 Å². The van der Waals surface area contributed by atoms with Crippen LogP contribution in [0.4, 0.5) is 0 Å². The van der Waals surface area contributed by atoms with Crippen LogP contribution in [0.3, 0.4) is 0 Å². The van der Waals surface area contributed by atoms with Crippen molar-refractivity contribution >= 4 is 0 Å². The fourth-order valence-electron chi connectivity index (χ4n) is 1.72. The van der Waals surface area contributed by atoms with Crippen LogP contribution in [0.25, 0.3) is 0 Å². The number of rotatable bonds is 9. The molecular formula is C15H32O. The molecule has 16 heavy (non-hydrogen) atoms. The van der Waals surface area contributed by atoms with E-state index in [2.05, 4.69) is 34.6 Å². The lowest BCUT2D eigenvalue weighted by Gasteiger charge is -2.17. The van der Waals surface area contributed by atoms with Gasteiger partial charge in [0, 0.05) is 13.2 Å². The summed E-state index contributed by atoms with van der Waals surface area (Å²) in [7, 11) is 0. The Morgan fingerprint density at radius 2 is 1.44 bits per heavy atom. The van der Waals surface area contributed by atoms with Gasteiger partial charge in [-0.2, -0.15) is 0 Å². The second kappa shape index (κ2) is 9.04. The molecule has 1 nitrogen and oxygen atoms in total. The van der Waals surface area contributed by atoms with Crippen LogP contribution in [0.2, 0.25) is 0 Å². The molecule has 0 amide bonds. The Hall–Kier alpha value is -0.0400. The molecule has 98 valence electrons. The average Bonchev–Trinajstić information content (AvgIpc) is 2.13. The second-order valence-electron chi connectivity index (χ2n) is 6.52. The Morgan fingerprint density at radius 3 is 1.94 bits per heavy atom. The van der Waals surface area contributed by atoms with Crippen molar-refractivity contribution in [1.29, 1.82) is 0 Å². The Morgan fingerprint density at radius 1 is 0.875 bits per heavy atom. The maximum atomic E-state index is 5.63. The minimum absolute atomic E-state index is 0.483. The molecule has 0 fully saturated rings. The Bertz CT molecular complexity index is 144. The van der Waals surface area contributed by atoms with Crippen molar-refractivity contribution in [1.82, 2.24) is 0 Å². The van der Waals surface area contributed by atoms with E-state index in [1.54, 1.807) is 0 Å². The molecule has 0 heterocycles. The van der Waals surface area contributed by atoms with E-state index in [0.29, 0.717) is 5.41 Å². The van der Waals surface area contributed by atoms with Crippen LogP contribution in [0.1, 0.15) is 73.1 Å². The summed E-state index contributed by atoms with van der Waals surface area (Å²) in [6, 6.07) is 0. The van der Waals surface area contributed by atoms with Gasteiger partial charge in [-0.3, -0.25) is 0 Å². The summed E-state index contributed by atoms with van der Waals surface area (Å²) in [6.07, 6.45) is 7.73. The molecule has 0 rings (SSSR count). The maximum absolute atomic E-state index is 5.63. The average molecular weight is 228 g/mol. The molecule has 0 aromatic rings. The number of ether oxygens (including phenoxy) is 1. The van der Waals surface area contributed by atoms with Gasteiger partial charge in [0.15, 0.2) is 0 Å². The summed E-state index contributed by atoms with van der Waals surface area (Å²) in [5, 5.41) is 0. The summed E-state index contributed by atoms with van der Waals surface area (Å²) in [5.41, 5.74) is 0.483. The summed E-state index contributed by atoms with van der Waals surface area (Å²) < 4.78 is 5.63. The second-order valence-corrected chi connectivity index (χ2v) is 6.52. The molecule has 0 atom stereocenters. The van der Waals surface area contributed by atoms with E-state index >= 15 is 0 Å². The van der Waals surface area contributed by atoms with Gasteiger partial charge in [0.2, 0.25) is 0 Å². The molecule has 0 aromatic heterocycles. The lowest BCUT2D eigenvalue weighted by molar-refractivity contribution is 0.123. The van der Waals surface area contributed by atoms with Crippen LogP contribution in [0, 0.1) is 11.3 Å². The van der Waals surface area contributed by atoms with Crippen molar-refractivity contribution in [3.05, 3.63) is 0 Å². The number of hydrogen-bond acceptors (Lipinski definition) is 1. The Balaban J connectivity index is 3.05. The number of hydrogen-bond donors (Lipinski definition) is 0. The van der Waals surface area contributed by atoms with E-state index in [1.165, 1.54) is 38.5 Å². The molecule has 0 aliphatic heterocycles. The predicted molar refractivity (Wildman–Crippen MR) is 72.8 cm³/mol. The molecule has 0 aliphatic carbocycles. The third kappa shape index (κ3) is 14.0. The van der Waals surface area contributed by atoms with Crippen LogP contribution < -0.4 is 0 Å². The zero-order chi connectivity index (χ0) is 12.4. The maximum Gasteiger partial charge on any atom is 0.0466 e.